The fraction of sp³-hybridized carbons (Fsp3) is 0.500. The van der Waals surface area contributed by atoms with Gasteiger partial charge in [-0.25, -0.2) is 4.98 Å². The van der Waals surface area contributed by atoms with E-state index in [1.807, 2.05) is 19.1 Å². The molecule has 1 fully saturated rings. The molecule has 28 heavy (non-hydrogen) atoms. The van der Waals surface area contributed by atoms with Crippen molar-refractivity contribution in [3.05, 3.63) is 40.9 Å². The SMILES string of the molecule is CCNC(=O)c1cnc(N2CCN(Cc3ccc(OCCOC)cc3)CC2)s1. The second-order valence-electron chi connectivity index (χ2n) is 6.61. The van der Waals surface area contributed by atoms with E-state index in [9.17, 15) is 4.79 Å². The van der Waals surface area contributed by atoms with Gasteiger partial charge in [0.05, 0.1) is 12.8 Å². The second-order valence-corrected chi connectivity index (χ2v) is 7.62. The van der Waals surface area contributed by atoms with Crippen LogP contribution < -0.4 is 15.0 Å². The van der Waals surface area contributed by atoms with Gasteiger partial charge in [-0.15, -0.1) is 0 Å². The van der Waals surface area contributed by atoms with Gasteiger partial charge in [0.25, 0.3) is 5.91 Å². The zero-order valence-electron chi connectivity index (χ0n) is 16.5. The number of methoxy groups -OCH3 is 1. The zero-order chi connectivity index (χ0) is 19.8. The summed E-state index contributed by atoms with van der Waals surface area (Å²) < 4.78 is 10.6. The van der Waals surface area contributed by atoms with Gasteiger partial charge in [-0.05, 0) is 24.6 Å². The van der Waals surface area contributed by atoms with Crippen LogP contribution in [-0.4, -0.2) is 68.8 Å². The Morgan fingerprint density at radius 2 is 1.93 bits per heavy atom. The number of carbonyl (C=O) groups excluding carboxylic acids is 1. The van der Waals surface area contributed by atoms with Crippen LogP contribution in [0, 0.1) is 0 Å². The highest BCUT2D eigenvalue weighted by Gasteiger charge is 2.20. The van der Waals surface area contributed by atoms with E-state index in [1.165, 1.54) is 16.9 Å². The maximum atomic E-state index is 11.9. The molecule has 7 nitrogen and oxygen atoms in total. The summed E-state index contributed by atoms with van der Waals surface area (Å²) in [5.74, 6) is 0.830. The number of rotatable bonds is 9. The molecule has 0 bridgehead atoms. The van der Waals surface area contributed by atoms with E-state index in [1.54, 1.807) is 13.3 Å². The summed E-state index contributed by atoms with van der Waals surface area (Å²) in [6.07, 6.45) is 1.67. The Kier molecular flexibility index (Phi) is 7.64. The number of piperazine rings is 1. The van der Waals surface area contributed by atoms with Crippen molar-refractivity contribution in [1.29, 1.82) is 0 Å². The third-order valence-electron chi connectivity index (χ3n) is 4.58. The Hall–Kier alpha value is -2.16. The van der Waals surface area contributed by atoms with Crippen LogP contribution in [0.25, 0.3) is 0 Å². The molecule has 0 saturated carbocycles. The Morgan fingerprint density at radius 3 is 2.61 bits per heavy atom. The highest BCUT2D eigenvalue weighted by atomic mass is 32.1. The van der Waals surface area contributed by atoms with Gasteiger partial charge < -0.3 is 19.7 Å². The number of nitrogens with zero attached hydrogens (tertiary/aromatic N) is 3. The molecule has 0 unspecified atom stereocenters. The van der Waals surface area contributed by atoms with Crippen LogP contribution in [-0.2, 0) is 11.3 Å². The highest BCUT2D eigenvalue weighted by Crippen LogP contribution is 2.24. The van der Waals surface area contributed by atoms with Gasteiger partial charge in [0, 0.05) is 46.4 Å². The Balaban J connectivity index is 1.46. The van der Waals surface area contributed by atoms with Crippen LogP contribution in [0.15, 0.2) is 30.5 Å². The summed E-state index contributed by atoms with van der Waals surface area (Å²) >= 11 is 1.46. The van der Waals surface area contributed by atoms with E-state index >= 15 is 0 Å². The van der Waals surface area contributed by atoms with Gasteiger partial charge in [0.2, 0.25) is 0 Å². The highest BCUT2D eigenvalue weighted by molar-refractivity contribution is 7.17. The normalized spacial score (nSPS) is 14.9. The molecule has 1 saturated heterocycles. The van der Waals surface area contributed by atoms with Crippen molar-refractivity contribution in [3.63, 3.8) is 0 Å². The van der Waals surface area contributed by atoms with Crippen molar-refractivity contribution in [1.82, 2.24) is 15.2 Å². The Labute approximate surface area is 170 Å². The molecule has 8 heteroatoms. The molecule has 1 amide bonds. The number of thiazole rings is 1. The molecular weight excluding hydrogens is 376 g/mol. The fourth-order valence-electron chi connectivity index (χ4n) is 3.05. The van der Waals surface area contributed by atoms with Gasteiger partial charge in [0.1, 0.15) is 17.2 Å². The van der Waals surface area contributed by atoms with Crippen molar-refractivity contribution in [2.75, 3.05) is 57.9 Å². The number of nitrogens with one attached hydrogen (secondary N) is 1. The number of hydrogen-bond donors (Lipinski definition) is 1. The van der Waals surface area contributed by atoms with Crippen molar-refractivity contribution < 1.29 is 14.3 Å². The lowest BCUT2D eigenvalue weighted by Gasteiger charge is -2.34. The van der Waals surface area contributed by atoms with Crippen LogP contribution in [0.2, 0.25) is 0 Å². The predicted molar refractivity (Wildman–Crippen MR) is 111 cm³/mol. The monoisotopic (exact) mass is 404 g/mol. The molecule has 0 aliphatic carbocycles. The van der Waals surface area contributed by atoms with Crippen molar-refractivity contribution in [2.24, 2.45) is 0 Å². The summed E-state index contributed by atoms with van der Waals surface area (Å²) in [5, 5.41) is 3.75. The molecule has 1 aliphatic rings. The number of aromatic nitrogens is 1. The minimum Gasteiger partial charge on any atom is -0.491 e. The molecule has 1 aliphatic heterocycles. The number of hydrogen-bond acceptors (Lipinski definition) is 7. The van der Waals surface area contributed by atoms with E-state index in [0.29, 0.717) is 24.6 Å². The van der Waals surface area contributed by atoms with Crippen LogP contribution in [0.1, 0.15) is 22.2 Å². The number of anilines is 1. The summed E-state index contributed by atoms with van der Waals surface area (Å²) in [6.45, 7) is 8.41. The minimum absolute atomic E-state index is 0.0421. The predicted octanol–water partition coefficient (Wildman–Crippen LogP) is 2.24. The van der Waals surface area contributed by atoms with Crippen molar-refractivity contribution in [2.45, 2.75) is 13.5 Å². The number of ether oxygens (including phenoxy) is 2. The second kappa shape index (κ2) is 10.4. The standard InChI is InChI=1S/C20H28N4O3S/c1-3-21-19(25)18-14-22-20(28-18)24-10-8-23(9-11-24)15-16-4-6-17(7-5-16)27-13-12-26-2/h4-7,14H,3,8-13,15H2,1-2H3,(H,21,25). The molecule has 1 N–H and O–H groups in total. The third-order valence-corrected chi connectivity index (χ3v) is 5.64. The Morgan fingerprint density at radius 1 is 1.18 bits per heavy atom. The molecule has 2 aromatic rings. The summed E-state index contributed by atoms with van der Waals surface area (Å²) in [4.78, 5) is 21.7. The lowest BCUT2D eigenvalue weighted by atomic mass is 10.2. The quantitative estimate of drug-likeness (QED) is 0.647. The van der Waals surface area contributed by atoms with E-state index in [0.717, 1.165) is 43.6 Å². The summed E-state index contributed by atoms with van der Waals surface area (Å²) in [6, 6.07) is 8.27. The van der Waals surface area contributed by atoms with Crippen molar-refractivity contribution >= 4 is 22.4 Å². The molecule has 0 spiro atoms. The lowest BCUT2D eigenvalue weighted by Crippen LogP contribution is -2.45. The summed E-state index contributed by atoms with van der Waals surface area (Å²) in [5.41, 5.74) is 1.28. The van der Waals surface area contributed by atoms with E-state index in [2.05, 4.69) is 32.2 Å². The van der Waals surface area contributed by atoms with E-state index in [4.69, 9.17) is 9.47 Å². The van der Waals surface area contributed by atoms with Gasteiger partial charge in [0.15, 0.2) is 5.13 Å². The van der Waals surface area contributed by atoms with Crippen LogP contribution in [0.5, 0.6) is 5.75 Å². The molecule has 152 valence electrons. The average molecular weight is 405 g/mol. The lowest BCUT2D eigenvalue weighted by molar-refractivity contribution is 0.0959. The topological polar surface area (TPSA) is 66.9 Å². The first-order chi connectivity index (χ1) is 13.7. The van der Waals surface area contributed by atoms with Crippen LogP contribution in [0.3, 0.4) is 0 Å². The summed E-state index contributed by atoms with van der Waals surface area (Å²) in [7, 11) is 1.67. The molecule has 0 atom stereocenters. The minimum atomic E-state index is -0.0421. The molecular formula is C20H28N4O3S. The smallest absolute Gasteiger partial charge is 0.263 e. The maximum Gasteiger partial charge on any atom is 0.263 e. The molecule has 1 aromatic heterocycles. The first kappa shape index (κ1) is 20.6. The first-order valence-corrected chi connectivity index (χ1v) is 10.4. The van der Waals surface area contributed by atoms with Crippen LogP contribution >= 0.6 is 11.3 Å². The fourth-order valence-corrected chi connectivity index (χ4v) is 3.94. The maximum absolute atomic E-state index is 11.9. The van der Waals surface area contributed by atoms with Crippen molar-refractivity contribution in [3.8, 4) is 5.75 Å². The molecule has 0 radical (unpaired) electrons. The number of amides is 1. The third kappa shape index (κ3) is 5.67. The van der Waals surface area contributed by atoms with E-state index in [-0.39, 0.29) is 5.91 Å². The van der Waals surface area contributed by atoms with Gasteiger partial charge >= 0.3 is 0 Å². The number of benzene rings is 1. The van der Waals surface area contributed by atoms with E-state index < -0.39 is 0 Å². The Bertz CT molecular complexity index is 742. The molecule has 3 rings (SSSR count). The first-order valence-electron chi connectivity index (χ1n) is 9.61. The molecule has 1 aromatic carbocycles. The van der Waals surface area contributed by atoms with Gasteiger partial charge in [-0.1, -0.05) is 23.5 Å². The van der Waals surface area contributed by atoms with Gasteiger partial charge in [-0.2, -0.15) is 0 Å². The number of carbonyl (C=O) groups is 1. The van der Waals surface area contributed by atoms with Gasteiger partial charge in [-0.3, -0.25) is 9.69 Å². The molecule has 2 heterocycles. The average Bonchev–Trinajstić information content (AvgIpc) is 3.21. The zero-order valence-corrected chi connectivity index (χ0v) is 17.3. The largest absolute Gasteiger partial charge is 0.491 e. The van der Waals surface area contributed by atoms with Crippen LogP contribution in [0.4, 0.5) is 5.13 Å².